The van der Waals surface area contributed by atoms with Crippen molar-refractivity contribution in [1.82, 2.24) is 0 Å². The molecular formula is C12H16As2. The second-order valence-electron chi connectivity index (χ2n) is 4.01. The van der Waals surface area contributed by atoms with Crippen LogP contribution in [-0.2, 0) is 0 Å². The van der Waals surface area contributed by atoms with E-state index in [1.807, 2.05) is 0 Å². The molecule has 0 N–H and O–H groups in total. The molecular weight excluding hydrogens is 294 g/mol. The SMILES string of the molecule is CC1=C[As]([As]2C=C(C)C(C)=C2)C=C1C. The van der Waals surface area contributed by atoms with Gasteiger partial charge in [-0.15, -0.1) is 0 Å². The fourth-order valence-corrected chi connectivity index (χ4v) is 21.4. The molecule has 14 heavy (non-hydrogen) atoms. The van der Waals surface area contributed by atoms with E-state index in [9.17, 15) is 0 Å². The zero-order valence-corrected chi connectivity index (χ0v) is 13.0. The fraction of sp³-hybridized carbons (Fsp3) is 0.333. The molecule has 0 atom stereocenters. The van der Waals surface area contributed by atoms with Gasteiger partial charge in [-0.2, -0.15) is 0 Å². The first-order valence-electron chi connectivity index (χ1n) is 4.89. The van der Waals surface area contributed by atoms with Gasteiger partial charge in [0.2, 0.25) is 0 Å². The molecule has 0 saturated carbocycles. The van der Waals surface area contributed by atoms with E-state index in [2.05, 4.69) is 47.1 Å². The summed E-state index contributed by atoms with van der Waals surface area (Å²) in [6, 6.07) is 0. The van der Waals surface area contributed by atoms with Crippen molar-refractivity contribution in [2.24, 2.45) is 0 Å². The Labute approximate surface area is 94.3 Å². The Kier molecular flexibility index (Phi) is 2.96. The first-order valence-corrected chi connectivity index (χ1v) is 14.4. The van der Waals surface area contributed by atoms with Crippen molar-refractivity contribution < 1.29 is 0 Å². The number of allylic oxidation sites excluding steroid dienone is 4. The van der Waals surface area contributed by atoms with Gasteiger partial charge in [0.1, 0.15) is 0 Å². The predicted molar refractivity (Wildman–Crippen MR) is 66.5 cm³/mol. The van der Waals surface area contributed by atoms with Gasteiger partial charge in [-0.1, -0.05) is 0 Å². The standard InChI is InChI=1S/C12H16As2/c1-9-5-13(6-10(9)2)14-7-11(3)12(4)8-14/h5-8H,1-4H3. The fourth-order valence-electron chi connectivity index (χ4n) is 1.54. The second-order valence-corrected chi connectivity index (χ2v) is 19.4. The van der Waals surface area contributed by atoms with E-state index in [1.165, 1.54) is 0 Å². The summed E-state index contributed by atoms with van der Waals surface area (Å²) in [4.78, 5) is 10.4. The molecule has 0 nitrogen and oxygen atoms in total. The molecule has 0 radical (unpaired) electrons. The van der Waals surface area contributed by atoms with Crippen LogP contribution in [0.3, 0.4) is 0 Å². The van der Waals surface area contributed by atoms with Crippen molar-refractivity contribution in [3.63, 3.8) is 0 Å². The molecule has 2 rings (SSSR count). The number of rotatable bonds is 1. The summed E-state index contributed by atoms with van der Waals surface area (Å²) in [5.74, 6) is 0. The van der Waals surface area contributed by atoms with Gasteiger partial charge >= 0.3 is 94.6 Å². The molecule has 0 aromatic rings. The molecule has 2 heterocycles. The molecule has 0 fully saturated rings. The first kappa shape index (κ1) is 10.6. The number of hydrogen-bond donors (Lipinski definition) is 0. The van der Waals surface area contributed by atoms with Gasteiger partial charge in [0.15, 0.2) is 0 Å². The molecule has 0 spiro atoms. The van der Waals surface area contributed by atoms with E-state index in [-0.39, 0.29) is 0 Å². The normalized spacial score (nSPS) is 23.4. The van der Waals surface area contributed by atoms with Crippen molar-refractivity contribution in [2.75, 3.05) is 0 Å². The molecule has 0 aromatic carbocycles. The van der Waals surface area contributed by atoms with Gasteiger partial charge in [0.25, 0.3) is 0 Å². The van der Waals surface area contributed by atoms with Gasteiger partial charge in [0, 0.05) is 0 Å². The van der Waals surface area contributed by atoms with E-state index in [4.69, 9.17) is 0 Å². The van der Waals surface area contributed by atoms with E-state index in [1.54, 1.807) is 22.3 Å². The molecule has 0 aromatic heterocycles. The summed E-state index contributed by atoms with van der Waals surface area (Å²) >= 11 is -1.45. The van der Waals surface area contributed by atoms with E-state index < -0.39 is 25.2 Å². The molecule has 0 aliphatic carbocycles. The van der Waals surface area contributed by atoms with Gasteiger partial charge in [-0.05, 0) is 0 Å². The quantitative estimate of drug-likeness (QED) is 0.653. The summed E-state index contributed by atoms with van der Waals surface area (Å²) < 4.78 is 0. The van der Waals surface area contributed by atoms with Crippen LogP contribution in [0.4, 0.5) is 0 Å². The second kappa shape index (κ2) is 3.91. The van der Waals surface area contributed by atoms with Crippen LogP contribution in [0.2, 0.25) is 0 Å². The Hall–Kier alpha value is 0.0769. The van der Waals surface area contributed by atoms with Crippen molar-refractivity contribution in [2.45, 2.75) is 27.7 Å². The van der Waals surface area contributed by atoms with Crippen LogP contribution in [-0.4, -0.2) is 25.2 Å². The average molecular weight is 310 g/mol. The maximum absolute atomic E-state index is 2.60. The number of hydrogen-bond acceptors (Lipinski definition) is 0. The van der Waals surface area contributed by atoms with Crippen LogP contribution in [0.15, 0.2) is 41.7 Å². The van der Waals surface area contributed by atoms with Crippen LogP contribution in [0, 0.1) is 0 Å². The molecule has 2 aliphatic heterocycles. The van der Waals surface area contributed by atoms with Gasteiger partial charge in [0.05, 0.1) is 0 Å². The van der Waals surface area contributed by atoms with Crippen LogP contribution >= 0.6 is 0 Å². The summed E-state index contributed by atoms with van der Waals surface area (Å²) in [6.45, 7) is 9.05. The van der Waals surface area contributed by atoms with Crippen molar-refractivity contribution in [1.29, 1.82) is 0 Å². The third-order valence-electron chi connectivity index (χ3n) is 2.81. The summed E-state index contributed by atoms with van der Waals surface area (Å²) in [5.41, 5.74) is 6.18. The summed E-state index contributed by atoms with van der Waals surface area (Å²) in [6.07, 6.45) is 0. The monoisotopic (exact) mass is 310 g/mol. The van der Waals surface area contributed by atoms with Crippen LogP contribution in [0.1, 0.15) is 27.7 Å². The average Bonchev–Trinajstić information content (AvgIpc) is 2.60. The van der Waals surface area contributed by atoms with Gasteiger partial charge in [-0.3, -0.25) is 0 Å². The maximum atomic E-state index is 2.60. The minimum absolute atomic E-state index is 0.727. The Balaban J connectivity index is 2.22. The third kappa shape index (κ3) is 1.88. The van der Waals surface area contributed by atoms with Crippen LogP contribution in [0.5, 0.6) is 0 Å². The van der Waals surface area contributed by atoms with Crippen molar-refractivity contribution >= 4 is 25.2 Å². The summed E-state index contributed by atoms with van der Waals surface area (Å²) in [7, 11) is 0. The zero-order valence-electron chi connectivity index (χ0n) is 9.20. The Morgan fingerprint density at radius 1 is 0.571 bits per heavy atom. The molecule has 74 valence electrons. The first-order chi connectivity index (χ1) is 6.58. The van der Waals surface area contributed by atoms with Gasteiger partial charge < -0.3 is 0 Å². The Bertz CT molecular complexity index is 309. The zero-order chi connectivity index (χ0) is 10.3. The van der Waals surface area contributed by atoms with E-state index >= 15 is 0 Å². The molecule has 0 bridgehead atoms. The molecule has 0 unspecified atom stereocenters. The van der Waals surface area contributed by atoms with Crippen molar-refractivity contribution in [3.8, 4) is 0 Å². The summed E-state index contributed by atoms with van der Waals surface area (Å²) in [5, 5.41) is 0. The third-order valence-corrected chi connectivity index (χ3v) is 20.3. The Morgan fingerprint density at radius 3 is 1.00 bits per heavy atom. The van der Waals surface area contributed by atoms with Crippen LogP contribution in [0.25, 0.3) is 0 Å². The topological polar surface area (TPSA) is 0 Å². The predicted octanol–water partition coefficient (Wildman–Crippen LogP) is 3.02. The Morgan fingerprint density at radius 2 is 0.786 bits per heavy atom. The van der Waals surface area contributed by atoms with Gasteiger partial charge in [-0.25, -0.2) is 0 Å². The molecule has 0 amide bonds. The molecule has 2 heteroatoms. The van der Waals surface area contributed by atoms with E-state index in [0.717, 1.165) is 0 Å². The van der Waals surface area contributed by atoms with E-state index in [0.29, 0.717) is 0 Å². The molecule has 0 saturated heterocycles. The minimum atomic E-state index is -0.727. The van der Waals surface area contributed by atoms with Crippen molar-refractivity contribution in [3.05, 3.63) is 41.7 Å². The molecule has 2 aliphatic rings. The van der Waals surface area contributed by atoms with Crippen LogP contribution < -0.4 is 0 Å².